The Morgan fingerprint density at radius 2 is 2.21 bits per heavy atom. The van der Waals surface area contributed by atoms with E-state index in [4.69, 9.17) is 10.8 Å². The van der Waals surface area contributed by atoms with Crippen LogP contribution in [0, 0.1) is 0 Å². The molecule has 0 saturated carbocycles. The lowest BCUT2D eigenvalue weighted by molar-refractivity contribution is 0.0698. The molecule has 2 fully saturated rings. The molecule has 1 aromatic rings. The molecule has 5 nitrogen and oxygen atoms in total. The molecule has 0 radical (unpaired) electrons. The summed E-state index contributed by atoms with van der Waals surface area (Å²) in [5, 5.41) is 12.5. The molecular weight excluding hydrogens is 242 g/mol. The maximum absolute atomic E-state index is 11.1. The number of carboxylic acid groups (broad SMARTS) is 1. The third kappa shape index (κ3) is 2.14. The lowest BCUT2D eigenvalue weighted by Gasteiger charge is -2.23. The normalized spacial score (nSPS) is 26.3. The molecule has 0 spiro atoms. The number of aromatic carboxylic acids is 1. The van der Waals surface area contributed by atoms with Crippen LogP contribution in [0.3, 0.4) is 0 Å². The summed E-state index contributed by atoms with van der Waals surface area (Å²) in [6, 6.07) is 6.10. The zero-order chi connectivity index (χ0) is 13.4. The fourth-order valence-corrected chi connectivity index (χ4v) is 3.33. The van der Waals surface area contributed by atoms with Crippen molar-refractivity contribution in [3.05, 3.63) is 23.8 Å². The highest BCUT2D eigenvalue weighted by molar-refractivity contribution is 5.97. The molecule has 2 aliphatic heterocycles. The summed E-state index contributed by atoms with van der Waals surface area (Å²) in [5.41, 5.74) is 7.20. The first-order valence-electron chi connectivity index (χ1n) is 6.79. The van der Waals surface area contributed by atoms with E-state index < -0.39 is 5.97 Å². The second-order valence-corrected chi connectivity index (χ2v) is 5.36. The first-order valence-corrected chi connectivity index (χ1v) is 6.79. The Kier molecular flexibility index (Phi) is 3.06. The number of nitrogen functional groups attached to an aromatic ring is 1. The monoisotopic (exact) mass is 261 g/mol. The van der Waals surface area contributed by atoms with Gasteiger partial charge in [0.25, 0.3) is 0 Å². The summed E-state index contributed by atoms with van der Waals surface area (Å²) in [5.74, 6) is -0.977. The van der Waals surface area contributed by atoms with E-state index in [1.54, 1.807) is 12.1 Å². The lowest BCUT2D eigenvalue weighted by atomic mass is 10.1. The van der Waals surface area contributed by atoms with Crippen molar-refractivity contribution in [2.24, 2.45) is 0 Å². The van der Waals surface area contributed by atoms with Crippen LogP contribution in [0.2, 0.25) is 0 Å². The van der Waals surface area contributed by atoms with Gasteiger partial charge in [-0.2, -0.15) is 0 Å². The molecule has 0 aliphatic carbocycles. The molecule has 19 heavy (non-hydrogen) atoms. The topological polar surface area (TPSA) is 78.6 Å². The van der Waals surface area contributed by atoms with Crippen LogP contribution >= 0.6 is 0 Å². The number of rotatable bonds is 3. The van der Waals surface area contributed by atoms with Crippen molar-refractivity contribution >= 4 is 17.3 Å². The van der Waals surface area contributed by atoms with E-state index in [1.807, 2.05) is 6.07 Å². The number of nitrogens with zero attached hydrogens (tertiary/aromatic N) is 1. The van der Waals surface area contributed by atoms with Gasteiger partial charge in [-0.1, -0.05) is 6.07 Å². The van der Waals surface area contributed by atoms with E-state index in [1.165, 1.54) is 19.4 Å². The van der Waals surface area contributed by atoms with E-state index in [-0.39, 0.29) is 5.56 Å². The van der Waals surface area contributed by atoms with E-state index in [0.29, 0.717) is 17.8 Å². The summed E-state index contributed by atoms with van der Waals surface area (Å²) in [4.78, 5) is 13.6. The number of carboxylic acids is 1. The number of hydrogen-bond donors (Lipinski definition) is 3. The van der Waals surface area contributed by atoms with Crippen molar-refractivity contribution in [2.45, 2.75) is 31.3 Å². The average molecular weight is 261 g/mol. The smallest absolute Gasteiger partial charge is 0.337 e. The molecule has 3 rings (SSSR count). The van der Waals surface area contributed by atoms with Gasteiger partial charge in [-0.05, 0) is 37.9 Å². The van der Waals surface area contributed by atoms with Crippen molar-refractivity contribution in [3.8, 4) is 0 Å². The van der Waals surface area contributed by atoms with Gasteiger partial charge in [-0.25, -0.2) is 4.79 Å². The lowest BCUT2D eigenvalue weighted by Crippen LogP contribution is -2.34. The van der Waals surface area contributed by atoms with E-state index in [0.717, 1.165) is 18.7 Å². The summed E-state index contributed by atoms with van der Waals surface area (Å²) >= 11 is 0. The number of fused-ring (bicyclic) bond motifs is 1. The highest BCUT2D eigenvalue weighted by Crippen LogP contribution is 2.32. The Balaban J connectivity index is 1.80. The molecule has 0 amide bonds. The van der Waals surface area contributed by atoms with Gasteiger partial charge in [0.05, 0.1) is 16.9 Å². The molecule has 2 saturated heterocycles. The van der Waals surface area contributed by atoms with Crippen LogP contribution in [0.1, 0.15) is 29.6 Å². The first kappa shape index (κ1) is 12.3. The van der Waals surface area contributed by atoms with Crippen molar-refractivity contribution in [1.29, 1.82) is 0 Å². The number of benzene rings is 1. The van der Waals surface area contributed by atoms with Crippen molar-refractivity contribution < 1.29 is 9.90 Å². The van der Waals surface area contributed by atoms with Crippen LogP contribution in [0.5, 0.6) is 0 Å². The molecule has 2 aliphatic rings. The van der Waals surface area contributed by atoms with Gasteiger partial charge in [0.15, 0.2) is 0 Å². The standard InChI is InChI=1S/C14H19N3O2/c15-13-9(14(18)19)3-1-4-11(13)16-10-6-8-17-7-2-5-12(10)17/h1,3-4,10,12,16H,2,5-8,15H2,(H,18,19). The molecule has 2 heterocycles. The fraction of sp³-hybridized carbons (Fsp3) is 0.500. The Hall–Kier alpha value is -1.75. The number of nitrogens with two attached hydrogens (primary N) is 1. The van der Waals surface area contributed by atoms with E-state index in [2.05, 4.69) is 10.2 Å². The Labute approximate surface area is 112 Å². The number of hydrogen-bond acceptors (Lipinski definition) is 4. The molecule has 0 aromatic heterocycles. The number of anilines is 2. The molecule has 5 heteroatoms. The van der Waals surface area contributed by atoms with E-state index in [9.17, 15) is 4.79 Å². The number of carbonyl (C=O) groups is 1. The van der Waals surface area contributed by atoms with Gasteiger partial charge in [-0.3, -0.25) is 4.90 Å². The summed E-state index contributed by atoms with van der Waals surface area (Å²) in [6.45, 7) is 2.31. The van der Waals surface area contributed by atoms with Gasteiger partial charge in [-0.15, -0.1) is 0 Å². The second-order valence-electron chi connectivity index (χ2n) is 5.36. The van der Waals surface area contributed by atoms with E-state index >= 15 is 0 Å². The number of nitrogens with one attached hydrogen (secondary N) is 1. The zero-order valence-electron chi connectivity index (χ0n) is 10.8. The van der Waals surface area contributed by atoms with Crippen LogP contribution < -0.4 is 11.1 Å². The van der Waals surface area contributed by atoms with Gasteiger partial charge in [0.1, 0.15) is 0 Å². The minimum Gasteiger partial charge on any atom is -0.478 e. The number of para-hydroxylation sites is 1. The van der Waals surface area contributed by atoms with Crippen molar-refractivity contribution in [2.75, 3.05) is 24.1 Å². The van der Waals surface area contributed by atoms with Crippen LogP contribution in [0.15, 0.2) is 18.2 Å². The predicted octanol–water partition coefficient (Wildman–Crippen LogP) is 1.62. The maximum Gasteiger partial charge on any atom is 0.337 e. The quantitative estimate of drug-likeness (QED) is 0.721. The van der Waals surface area contributed by atoms with Crippen molar-refractivity contribution in [3.63, 3.8) is 0 Å². The second kappa shape index (κ2) is 4.74. The van der Waals surface area contributed by atoms with Gasteiger partial charge >= 0.3 is 5.97 Å². The van der Waals surface area contributed by atoms with Crippen LogP contribution in [0.25, 0.3) is 0 Å². The SMILES string of the molecule is Nc1c(NC2CCN3CCCC23)cccc1C(=O)O. The molecule has 0 bridgehead atoms. The molecule has 1 aromatic carbocycles. The maximum atomic E-state index is 11.1. The highest BCUT2D eigenvalue weighted by atomic mass is 16.4. The van der Waals surface area contributed by atoms with Crippen molar-refractivity contribution in [1.82, 2.24) is 4.90 Å². The van der Waals surface area contributed by atoms with Crippen LogP contribution in [-0.4, -0.2) is 41.1 Å². The third-order valence-electron chi connectivity index (χ3n) is 4.28. The van der Waals surface area contributed by atoms with Crippen LogP contribution in [-0.2, 0) is 0 Å². The van der Waals surface area contributed by atoms with Gasteiger partial charge < -0.3 is 16.2 Å². The van der Waals surface area contributed by atoms with Gasteiger partial charge in [0.2, 0.25) is 0 Å². The Bertz CT molecular complexity index is 503. The average Bonchev–Trinajstić information content (AvgIpc) is 2.96. The largest absolute Gasteiger partial charge is 0.478 e. The molecule has 2 unspecified atom stereocenters. The summed E-state index contributed by atoms with van der Waals surface area (Å²) in [6.07, 6.45) is 3.57. The predicted molar refractivity (Wildman–Crippen MR) is 74.4 cm³/mol. The van der Waals surface area contributed by atoms with Gasteiger partial charge in [0, 0.05) is 18.6 Å². The molecule has 4 N–H and O–H groups in total. The molecule has 102 valence electrons. The minimum absolute atomic E-state index is 0.172. The highest BCUT2D eigenvalue weighted by Gasteiger charge is 2.37. The summed E-state index contributed by atoms with van der Waals surface area (Å²) < 4.78 is 0. The molecule has 2 atom stereocenters. The molecular formula is C14H19N3O2. The van der Waals surface area contributed by atoms with Crippen LogP contribution in [0.4, 0.5) is 11.4 Å². The Morgan fingerprint density at radius 1 is 1.37 bits per heavy atom. The Morgan fingerprint density at radius 3 is 3.00 bits per heavy atom. The minimum atomic E-state index is -0.977. The fourth-order valence-electron chi connectivity index (χ4n) is 3.33. The first-order chi connectivity index (χ1) is 9.16. The summed E-state index contributed by atoms with van der Waals surface area (Å²) in [7, 11) is 0. The third-order valence-corrected chi connectivity index (χ3v) is 4.28. The zero-order valence-corrected chi connectivity index (χ0v) is 10.8.